The number of ether oxygens (including phenoxy) is 1. The molecule has 1 aliphatic rings. The number of likely N-dealkylation sites (N-methyl/N-ethyl adjacent to an activating group) is 1. The molecule has 1 atom stereocenters. The summed E-state index contributed by atoms with van der Waals surface area (Å²) in [5.74, 6) is 0.209. The third-order valence-electron chi connectivity index (χ3n) is 4.11. The Hall–Kier alpha value is -2.35. The van der Waals surface area contributed by atoms with Gasteiger partial charge >= 0.3 is 5.63 Å². The molecule has 1 saturated heterocycles. The average Bonchev–Trinajstić information content (AvgIpc) is 2.91. The quantitative estimate of drug-likeness (QED) is 0.757. The van der Waals surface area contributed by atoms with Crippen molar-refractivity contribution in [1.82, 2.24) is 4.90 Å². The van der Waals surface area contributed by atoms with E-state index in [0.717, 1.165) is 5.39 Å². The van der Waals surface area contributed by atoms with Crippen LogP contribution in [0.5, 0.6) is 5.75 Å². The highest BCUT2D eigenvalue weighted by molar-refractivity contribution is 7.91. The molecule has 1 amide bonds. The van der Waals surface area contributed by atoms with Crippen molar-refractivity contribution in [3.05, 3.63) is 40.8 Å². The highest BCUT2D eigenvalue weighted by Crippen LogP contribution is 2.20. The second-order valence-electron chi connectivity index (χ2n) is 5.80. The van der Waals surface area contributed by atoms with E-state index < -0.39 is 15.5 Å². The van der Waals surface area contributed by atoms with Gasteiger partial charge in [0.15, 0.2) is 16.4 Å². The Bertz CT molecular complexity index is 933. The summed E-state index contributed by atoms with van der Waals surface area (Å²) in [5.41, 5.74) is -0.0828. The van der Waals surface area contributed by atoms with E-state index in [1.165, 1.54) is 11.0 Å². The van der Waals surface area contributed by atoms with E-state index in [1.54, 1.807) is 31.3 Å². The van der Waals surface area contributed by atoms with Crippen LogP contribution in [0.2, 0.25) is 0 Å². The van der Waals surface area contributed by atoms with Crippen LogP contribution in [0, 0.1) is 0 Å². The number of carbonyl (C=O) groups excluding carboxylic acids is 1. The fourth-order valence-electron chi connectivity index (χ4n) is 2.66. The van der Waals surface area contributed by atoms with Crippen molar-refractivity contribution in [2.24, 2.45) is 0 Å². The van der Waals surface area contributed by atoms with E-state index in [4.69, 9.17) is 9.15 Å². The summed E-state index contributed by atoms with van der Waals surface area (Å²) in [6, 6.07) is 7.62. The third kappa shape index (κ3) is 3.59. The van der Waals surface area contributed by atoms with Crippen LogP contribution < -0.4 is 10.4 Å². The van der Waals surface area contributed by atoms with E-state index in [0.29, 0.717) is 17.8 Å². The molecule has 0 N–H and O–H groups in total. The molecule has 2 heterocycles. The molecular weight excluding hydrogens is 334 g/mol. The van der Waals surface area contributed by atoms with Gasteiger partial charge in [0.05, 0.1) is 11.5 Å². The predicted octanol–water partition coefficient (Wildman–Crippen LogP) is 0.817. The maximum Gasteiger partial charge on any atom is 0.336 e. The molecule has 0 unspecified atom stereocenters. The summed E-state index contributed by atoms with van der Waals surface area (Å²) < 4.78 is 33.5. The van der Waals surface area contributed by atoms with Crippen molar-refractivity contribution < 1.29 is 22.4 Å². The molecule has 2 aromatic rings. The second kappa shape index (κ2) is 6.27. The molecule has 8 heteroatoms. The molecule has 1 aromatic carbocycles. The van der Waals surface area contributed by atoms with Gasteiger partial charge in [-0.05, 0) is 24.6 Å². The van der Waals surface area contributed by atoms with E-state index in [1.807, 2.05) is 0 Å². The van der Waals surface area contributed by atoms with Crippen molar-refractivity contribution in [2.45, 2.75) is 12.5 Å². The van der Waals surface area contributed by atoms with Crippen LogP contribution in [0.15, 0.2) is 39.5 Å². The van der Waals surface area contributed by atoms with Gasteiger partial charge in [-0.2, -0.15) is 0 Å². The van der Waals surface area contributed by atoms with Crippen molar-refractivity contribution in [2.75, 3.05) is 25.2 Å². The number of amides is 1. The zero-order valence-electron chi connectivity index (χ0n) is 13.1. The lowest BCUT2D eigenvalue weighted by Gasteiger charge is -2.23. The van der Waals surface area contributed by atoms with Gasteiger partial charge in [0.1, 0.15) is 11.3 Å². The number of carbonyl (C=O) groups is 1. The summed E-state index contributed by atoms with van der Waals surface area (Å²) in [7, 11) is -1.47. The molecular formula is C16H17NO6S. The Morgan fingerprint density at radius 2 is 2.08 bits per heavy atom. The molecule has 0 saturated carbocycles. The Morgan fingerprint density at radius 3 is 2.79 bits per heavy atom. The molecule has 1 aromatic heterocycles. The van der Waals surface area contributed by atoms with Gasteiger partial charge in [0.25, 0.3) is 5.91 Å². The minimum Gasteiger partial charge on any atom is -0.484 e. The molecule has 128 valence electrons. The molecule has 3 rings (SSSR count). The van der Waals surface area contributed by atoms with Crippen molar-refractivity contribution in [1.29, 1.82) is 0 Å². The molecule has 0 aliphatic carbocycles. The first-order valence-corrected chi connectivity index (χ1v) is 9.29. The van der Waals surface area contributed by atoms with E-state index >= 15 is 0 Å². The first-order valence-electron chi connectivity index (χ1n) is 7.47. The van der Waals surface area contributed by atoms with Crippen LogP contribution in [0.1, 0.15) is 6.42 Å². The summed E-state index contributed by atoms with van der Waals surface area (Å²) in [4.78, 5) is 24.8. The third-order valence-corrected chi connectivity index (χ3v) is 5.86. The molecule has 0 radical (unpaired) electrons. The second-order valence-corrected chi connectivity index (χ2v) is 8.03. The lowest BCUT2D eigenvalue weighted by Crippen LogP contribution is -2.40. The summed E-state index contributed by atoms with van der Waals surface area (Å²) in [6.07, 6.45) is 0.450. The molecule has 7 nitrogen and oxygen atoms in total. The lowest BCUT2D eigenvalue weighted by atomic mass is 10.2. The summed E-state index contributed by atoms with van der Waals surface area (Å²) >= 11 is 0. The number of hydrogen-bond acceptors (Lipinski definition) is 6. The van der Waals surface area contributed by atoms with Gasteiger partial charge in [-0.15, -0.1) is 0 Å². The van der Waals surface area contributed by atoms with Crippen LogP contribution in [0.25, 0.3) is 11.0 Å². The van der Waals surface area contributed by atoms with Crippen LogP contribution in [0.4, 0.5) is 0 Å². The topological polar surface area (TPSA) is 93.9 Å². The summed E-state index contributed by atoms with van der Waals surface area (Å²) in [6.45, 7) is -0.213. The monoisotopic (exact) mass is 351 g/mol. The first-order chi connectivity index (χ1) is 11.3. The number of sulfone groups is 1. The Balaban J connectivity index is 1.64. The normalized spacial score (nSPS) is 19.3. The van der Waals surface area contributed by atoms with Gasteiger partial charge < -0.3 is 14.1 Å². The number of benzene rings is 1. The smallest absolute Gasteiger partial charge is 0.336 e. The van der Waals surface area contributed by atoms with E-state index in [9.17, 15) is 18.0 Å². The average molecular weight is 351 g/mol. The van der Waals surface area contributed by atoms with Crippen molar-refractivity contribution in [3.8, 4) is 5.75 Å². The zero-order valence-corrected chi connectivity index (χ0v) is 13.9. The SMILES string of the molecule is CN(C(=O)COc1ccc2ccc(=O)oc2c1)[C@@H]1CCS(=O)(=O)C1. The van der Waals surface area contributed by atoms with Crippen LogP contribution in [-0.4, -0.2) is 50.4 Å². The molecule has 24 heavy (non-hydrogen) atoms. The first kappa shape index (κ1) is 16.5. The van der Waals surface area contributed by atoms with E-state index in [2.05, 4.69) is 0 Å². The number of nitrogens with zero attached hydrogens (tertiary/aromatic N) is 1. The zero-order chi connectivity index (χ0) is 17.3. The largest absolute Gasteiger partial charge is 0.484 e. The van der Waals surface area contributed by atoms with Crippen LogP contribution >= 0.6 is 0 Å². The molecule has 0 bridgehead atoms. The molecule has 1 fully saturated rings. The molecule has 0 spiro atoms. The van der Waals surface area contributed by atoms with Crippen molar-refractivity contribution >= 4 is 26.7 Å². The minimum atomic E-state index is -3.05. The van der Waals surface area contributed by atoms with Gasteiger partial charge in [-0.3, -0.25) is 4.79 Å². The number of rotatable bonds is 4. The molecule has 1 aliphatic heterocycles. The van der Waals surface area contributed by atoms with Gasteiger partial charge in [0, 0.05) is 30.6 Å². The Morgan fingerprint density at radius 1 is 1.33 bits per heavy atom. The van der Waals surface area contributed by atoms with Gasteiger partial charge in [-0.1, -0.05) is 0 Å². The maximum atomic E-state index is 12.2. The van der Waals surface area contributed by atoms with Gasteiger partial charge in [-0.25, -0.2) is 13.2 Å². The predicted molar refractivity (Wildman–Crippen MR) is 87.8 cm³/mol. The minimum absolute atomic E-state index is 0.00360. The number of fused-ring (bicyclic) bond motifs is 1. The fraction of sp³-hybridized carbons (Fsp3) is 0.375. The Kier molecular flexibility index (Phi) is 4.31. The number of hydrogen-bond donors (Lipinski definition) is 0. The summed E-state index contributed by atoms with van der Waals surface area (Å²) in [5, 5.41) is 0.751. The highest BCUT2D eigenvalue weighted by Gasteiger charge is 2.32. The standard InChI is InChI=1S/C16H17NO6S/c1-17(12-6-7-24(20,21)10-12)15(18)9-22-13-4-2-11-3-5-16(19)23-14(11)8-13/h2-5,8,12H,6-7,9-10H2,1H3/t12-/m1/s1. The van der Waals surface area contributed by atoms with E-state index in [-0.39, 0.29) is 30.1 Å². The Labute approximate surface area is 138 Å². The van der Waals surface area contributed by atoms with Gasteiger partial charge in [0.2, 0.25) is 0 Å². The maximum absolute atomic E-state index is 12.2. The van der Waals surface area contributed by atoms with Crippen LogP contribution in [-0.2, 0) is 14.6 Å². The van der Waals surface area contributed by atoms with Crippen molar-refractivity contribution in [3.63, 3.8) is 0 Å². The lowest BCUT2D eigenvalue weighted by molar-refractivity contribution is -0.133. The fourth-order valence-corrected chi connectivity index (χ4v) is 4.44. The van der Waals surface area contributed by atoms with Crippen LogP contribution in [0.3, 0.4) is 0 Å². The highest BCUT2D eigenvalue weighted by atomic mass is 32.2.